The van der Waals surface area contributed by atoms with E-state index in [4.69, 9.17) is 0 Å². The predicted molar refractivity (Wildman–Crippen MR) is 61.3 cm³/mol. The smallest absolute Gasteiger partial charge is 0.0601 e. The van der Waals surface area contributed by atoms with Crippen LogP contribution in [0.15, 0.2) is 0 Å². The molecule has 1 heteroatoms. The first-order chi connectivity index (χ1) is 6.44. The van der Waals surface area contributed by atoms with E-state index in [2.05, 4.69) is 27.7 Å². The molecule has 2 unspecified atom stereocenters. The standard InChI is InChI=1S/C13H26O/c1-5-9-13(12(2,3)4)10-7-6-8-11(13)14/h11,14H,5-10H2,1-4H3. The van der Waals surface area contributed by atoms with Crippen molar-refractivity contribution in [1.82, 2.24) is 0 Å². The van der Waals surface area contributed by atoms with Crippen LogP contribution in [0.4, 0.5) is 0 Å². The summed E-state index contributed by atoms with van der Waals surface area (Å²) in [4.78, 5) is 0. The van der Waals surface area contributed by atoms with E-state index in [-0.39, 0.29) is 16.9 Å². The van der Waals surface area contributed by atoms with Crippen LogP contribution in [0, 0.1) is 10.8 Å². The van der Waals surface area contributed by atoms with Crippen molar-refractivity contribution in [2.45, 2.75) is 72.3 Å². The van der Waals surface area contributed by atoms with E-state index in [0.29, 0.717) is 0 Å². The topological polar surface area (TPSA) is 20.2 Å². The van der Waals surface area contributed by atoms with E-state index in [9.17, 15) is 5.11 Å². The second kappa shape index (κ2) is 4.22. The lowest BCUT2D eigenvalue weighted by atomic mass is 9.56. The number of rotatable bonds is 2. The average molecular weight is 198 g/mol. The minimum Gasteiger partial charge on any atom is -0.393 e. The van der Waals surface area contributed by atoms with Gasteiger partial charge in [0.25, 0.3) is 0 Å². The molecule has 1 aliphatic carbocycles. The molecule has 1 fully saturated rings. The van der Waals surface area contributed by atoms with Crippen molar-refractivity contribution in [2.75, 3.05) is 0 Å². The molecule has 0 amide bonds. The van der Waals surface area contributed by atoms with E-state index in [1.54, 1.807) is 0 Å². The van der Waals surface area contributed by atoms with E-state index >= 15 is 0 Å². The minimum absolute atomic E-state index is 0.0730. The van der Waals surface area contributed by atoms with Crippen LogP contribution >= 0.6 is 0 Å². The zero-order valence-corrected chi connectivity index (χ0v) is 10.3. The summed E-state index contributed by atoms with van der Waals surface area (Å²) in [6.45, 7) is 9.10. The maximum absolute atomic E-state index is 10.3. The monoisotopic (exact) mass is 198 g/mol. The maximum Gasteiger partial charge on any atom is 0.0601 e. The van der Waals surface area contributed by atoms with E-state index in [0.717, 1.165) is 6.42 Å². The Hall–Kier alpha value is -0.0400. The van der Waals surface area contributed by atoms with Crippen LogP contribution in [0.1, 0.15) is 66.2 Å². The first kappa shape index (κ1) is 12.0. The zero-order valence-electron chi connectivity index (χ0n) is 10.3. The van der Waals surface area contributed by atoms with Crippen molar-refractivity contribution in [2.24, 2.45) is 10.8 Å². The summed E-state index contributed by atoms with van der Waals surface area (Å²) in [5.41, 5.74) is 0.419. The van der Waals surface area contributed by atoms with Gasteiger partial charge in [-0.2, -0.15) is 0 Å². The fraction of sp³-hybridized carbons (Fsp3) is 1.00. The van der Waals surface area contributed by atoms with Gasteiger partial charge in [-0.15, -0.1) is 0 Å². The Morgan fingerprint density at radius 1 is 1.29 bits per heavy atom. The summed E-state index contributed by atoms with van der Waals surface area (Å²) in [6.07, 6.45) is 7.03. The van der Waals surface area contributed by atoms with Crippen LogP contribution in [0.3, 0.4) is 0 Å². The number of hydrogen-bond donors (Lipinski definition) is 1. The van der Waals surface area contributed by atoms with Gasteiger partial charge in [0.1, 0.15) is 0 Å². The molecule has 0 aromatic heterocycles. The molecule has 0 heterocycles. The zero-order chi connectivity index (χ0) is 10.8. The van der Waals surface area contributed by atoms with E-state index < -0.39 is 0 Å². The van der Waals surface area contributed by atoms with Gasteiger partial charge >= 0.3 is 0 Å². The van der Waals surface area contributed by atoms with Gasteiger partial charge in [-0.25, -0.2) is 0 Å². The van der Waals surface area contributed by atoms with Crippen molar-refractivity contribution in [3.8, 4) is 0 Å². The first-order valence-electron chi connectivity index (χ1n) is 6.12. The Balaban J connectivity index is 2.89. The van der Waals surface area contributed by atoms with Gasteiger partial charge in [0, 0.05) is 5.41 Å². The Bertz CT molecular complexity index is 176. The fourth-order valence-electron chi connectivity index (χ4n) is 3.21. The third-order valence-corrected chi connectivity index (χ3v) is 4.18. The molecule has 1 N–H and O–H groups in total. The molecule has 1 rings (SSSR count). The molecule has 0 bridgehead atoms. The molecule has 2 atom stereocenters. The number of hydrogen-bond acceptors (Lipinski definition) is 1. The van der Waals surface area contributed by atoms with Crippen molar-refractivity contribution < 1.29 is 5.11 Å². The highest BCUT2D eigenvalue weighted by molar-refractivity contribution is 4.97. The largest absolute Gasteiger partial charge is 0.393 e. The predicted octanol–water partition coefficient (Wildman–Crippen LogP) is 3.75. The minimum atomic E-state index is -0.0730. The van der Waals surface area contributed by atoms with Crippen LogP contribution in [-0.2, 0) is 0 Å². The average Bonchev–Trinajstić information content (AvgIpc) is 2.07. The molecule has 0 spiro atoms. The van der Waals surface area contributed by atoms with Gasteiger partial charge in [-0.05, 0) is 24.7 Å². The molecule has 1 aliphatic rings. The Kier molecular flexibility index (Phi) is 3.63. The summed E-state index contributed by atoms with van der Waals surface area (Å²) in [7, 11) is 0. The van der Waals surface area contributed by atoms with Crippen LogP contribution in [-0.4, -0.2) is 11.2 Å². The van der Waals surface area contributed by atoms with Crippen LogP contribution in [0.5, 0.6) is 0 Å². The first-order valence-corrected chi connectivity index (χ1v) is 6.12. The summed E-state index contributed by atoms with van der Waals surface area (Å²) in [5.74, 6) is 0. The second-order valence-electron chi connectivity index (χ2n) is 5.92. The molecule has 0 radical (unpaired) electrons. The van der Waals surface area contributed by atoms with Crippen molar-refractivity contribution >= 4 is 0 Å². The summed E-state index contributed by atoms with van der Waals surface area (Å²) < 4.78 is 0. The molecule has 1 saturated carbocycles. The number of aliphatic hydroxyl groups is 1. The highest BCUT2D eigenvalue weighted by atomic mass is 16.3. The summed E-state index contributed by atoms with van der Waals surface area (Å²) in [6, 6.07) is 0. The van der Waals surface area contributed by atoms with Crippen LogP contribution < -0.4 is 0 Å². The molecule has 0 aromatic carbocycles. The van der Waals surface area contributed by atoms with Crippen molar-refractivity contribution in [3.63, 3.8) is 0 Å². The quantitative estimate of drug-likeness (QED) is 0.716. The van der Waals surface area contributed by atoms with E-state index in [1.165, 1.54) is 32.1 Å². The van der Waals surface area contributed by atoms with Crippen LogP contribution in [0.25, 0.3) is 0 Å². The Morgan fingerprint density at radius 3 is 2.36 bits per heavy atom. The third-order valence-electron chi connectivity index (χ3n) is 4.18. The van der Waals surface area contributed by atoms with Gasteiger partial charge in [-0.3, -0.25) is 0 Å². The van der Waals surface area contributed by atoms with Gasteiger partial charge in [0.05, 0.1) is 6.10 Å². The lowest BCUT2D eigenvalue weighted by Crippen LogP contribution is -2.47. The molecule has 84 valence electrons. The van der Waals surface area contributed by atoms with Gasteiger partial charge in [-0.1, -0.05) is 47.0 Å². The van der Waals surface area contributed by atoms with Gasteiger partial charge < -0.3 is 5.11 Å². The van der Waals surface area contributed by atoms with Gasteiger partial charge in [0.15, 0.2) is 0 Å². The molecular weight excluding hydrogens is 172 g/mol. The number of aliphatic hydroxyl groups excluding tert-OH is 1. The molecule has 14 heavy (non-hydrogen) atoms. The Morgan fingerprint density at radius 2 is 1.93 bits per heavy atom. The normalized spacial score (nSPS) is 34.5. The van der Waals surface area contributed by atoms with Crippen molar-refractivity contribution in [1.29, 1.82) is 0 Å². The third kappa shape index (κ3) is 1.98. The second-order valence-corrected chi connectivity index (χ2v) is 5.92. The molecule has 0 saturated heterocycles. The SMILES string of the molecule is CCCC1(C(C)(C)C)CCCCC1O. The highest BCUT2D eigenvalue weighted by Gasteiger charge is 2.47. The molecule has 1 nitrogen and oxygen atoms in total. The summed E-state index contributed by atoms with van der Waals surface area (Å²) in [5, 5.41) is 10.3. The van der Waals surface area contributed by atoms with Crippen molar-refractivity contribution in [3.05, 3.63) is 0 Å². The highest BCUT2D eigenvalue weighted by Crippen LogP contribution is 2.52. The molecular formula is C13H26O. The Labute approximate surface area is 88.9 Å². The van der Waals surface area contributed by atoms with E-state index in [1.807, 2.05) is 0 Å². The van der Waals surface area contributed by atoms with Gasteiger partial charge in [0.2, 0.25) is 0 Å². The fourth-order valence-corrected chi connectivity index (χ4v) is 3.21. The maximum atomic E-state index is 10.3. The lowest BCUT2D eigenvalue weighted by Gasteiger charge is -2.51. The molecule has 0 aromatic rings. The lowest BCUT2D eigenvalue weighted by molar-refractivity contribution is -0.0898. The van der Waals surface area contributed by atoms with Crippen LogP contribution in [0.2, 0.25) is 0 Å². The summed E-state index contributed by atoms with van der Waals surface area (Å²) >= 11 is 0. The molecule has 0 aliphatic heterocycles.